The summed E-state index contributed by atoms with van der Waals surface area (Å²) in [5, 5.41) is 0. The molecule has 1 aromatic rings. The molecule has 0 saturated carbocycles. The number of allylic oxidation sites excluding steroid dienone is 2. The highest BCUT2D eigenvalue weighted by atomic mass is 79.9. The zero-order valence-electron chi connectivity index (χ0n) is 8.04. The Morgan fingerprint density at radius 2 is 1.19 bits per heavy atom. The lowest BCUT2D eigenvalue weighted by atomic mass is 9.81. The largest absolute Gasteiger partial charge is 0.289 e. The van der Waals surface area contributed by atoms with Gasteiger partial charge in [-0.3, -0.25) is 9.59 Å². The fraction of sp³-hybridized carbons (Fsp3) is 0.167. The summed E-state index contributed by atoms with van der Waals surface area (Å²) in [6.07, 6.45) is 2.68. The Hall–Kier alpha value is -0.740. The molecule has 3 rings (SSSR count). The second kappa shape index (κ2) is 3.37. The molecule has 2 nitrogen and oxygen atoms in total. The molecular formula is C12H6Br2O2. The number of rotatable bonds is 0. The normalized spacial score (nSPS) is 26.1. The molecule has 0 saturated heterocycles. The smallest absolute Gasteiger partial charge is 0.186 e. The molecule has 2 aliphatic rings. The van der Waals surface area contributed by atoms with Crippen molar-refractivity contribution < 1.29 is 9.59 Å². The SMILES string of the molecule is O=C1C=CC(=O)c2cc3c(cc21)[C@@H](Br)[C@@H]3Br. The zero-order chi connectivity index (χ0) is 11.4. The van der Waals surface area contributed by atoms with Crippen LogP contribution in [0.1, 0.15) is 41.5 Å². The molecule has 2 aliphatic carbocycles. The van der Waals surface area contributed by atoms with Crippen molar-refractivity contribution >= 4 is 43.4 Å². The van der Waals surface area contributed by atoms with Gasteiger partial charge in [0.1, 0.15) is 0 Å². The molecule has 80 valence electrons. The average molecular weight is 342 g/mol. The van der Waals surface area contributed by atoms with Crippen LogP contribution >= 0.6 is 31.9 Å². The maximum Gasteiger partial charge on any atom is 0.186 e. The highest BCUT2D eigenvalue weighted by Crippen LogP contribution is 2.54. The molecule has 0 radical (unpaired) electrons. The van der Waals surface area contributed by atoms with Gasteiger partial charge in [0.2, 0.25) is 0 Å². The summed E-state index contributed by atoms with van der Waals surface area (Å²) in [7, 11) is 0. The molecule has 0 amide bonds. The number of carbonyl (C=O) groups excluding carboxylic acids is 2. The van der Waals surface area contributed by atoms with Gasteiger partial charge in [-0.1, -0.05) is 31.9 Å². The van der Waals surface area contributed by atoms with Crippen LogP contribution in [0.3, 0.4) is 0 Å². The van der Waals surface area contributed by atoms with Crippen molar-refractivity contribution in [3.8, 4) is 0 Å². The standard InChI is InChI=1S/C12H6Br2O2/c13-11-7-3-5-6(4-8(7)12(11)14)10(16)2-1-9(5)15/h1-4,11-12H/t11-,12-/m1/s1. The predicted octanol–water partition coefficient (Wildman–Crippen LogP) is 3.51. The zero-order valence-corrected chi connectivity index (χ0v) is 11.2. The van der Waals surface area contributed by atoms with Crippen LogP contribution < -0.4 is 0 Å². The highest BCUT2D eigenvalue weighted by molar-refractivity contribution is 9.12. The van der Waals surface area contributed by atoms with Gasteiger partial charge in [-0.15, -0.1) is 0 Å². The molecule has 1 aromatic carbocycles. The molecule has 0 aromatic heterocycles. The lowest BCUT2D eigenvalue weighted by Crippen LogP contribution is -2.20. The second-order valence-corrected chi connectivity index (χ2v) is 5.87. The molecule has 16 heavy (non-hydrogen) atoms. The van der Waals surface area contributed by atoms with E-state index in [4.69, 9.17) is 0 Å². The van der Waals surface area contributed by atoms with Gasteiger partial charge in [0.15, 0.2) is 11.6 Å². The van der Waals surface area contributed by atoms with Crippen molar-refractivity contribution in [3.05, 3.63) is 46.5 Å². The van der Waals surface area contributed by atoms with Crippen molar-refractivity contribution in [2.75, 3.05) is 0 Å². The molecule has 0 bridgehead atoms. The van der Waals surface area contributed by atoms with Gasteiger partial charge in [0.25, 0.3) is 0 Å². The van der Waals surface area contributed by atoms with E-state index in [0.717, 1.165) is 11.1 Å². The van der Waals surface area contributed by atoms with Crippen LogP contribution in [0.25, 0.3) is 0 Å². The number of hydrogen-bond acceptors (Lipinski definition) is 2. The fourth-order valence-corrected chi connectivity index (χ4v) is 3.43. The fourth-order valence-electron chi connectivity index (χ4n) is 2.07. The molecule has 0 spiro atoms. The number of hydrogen-bond donors (Lipinski definition) is 0. The summed E-state index contributed by atoms with van der Waals surface area (Å²) in [4.78, 5) is 23.7. The first-order valence-electron chi connectivity index (χ1n) is 4.82. The van der Waals surface area contributed by atoms with Crippen molar-refractivity contribution in [3.63, 3.8) is 0 Å². The van der Waals surface area contributed by atoms with E-state index in [1.807, 2.05) is 12.1 Å². The van der Waals surface area contributed by atoms with Crippen LogP contribution in [-0.2, 0) is 0 Å². The number of fused-ring (bicyclic) bond motifs is 2. The van der Waals surface area contributed by atoms with Gasteiger partial charge in [0.05, 0.1) is 9.65 Å². The van der Waals surface area contributed by atoms with Gasteiger partial charge >= 0.3 is 0 Å². The molecule has 0 N–H and O–H groups in total. The first-order valence-corrected chi connectivity index (χ1v) is 6.65. The minimum Gasteiger partial charge on any atom is -0.289 e. The van der Waals surface area contributed by atoms with Crippen molar-refractivity contribution in [1.82, 2.24) is 0 Å². The Labute approximate surface area is 109 Å². The van der Waals surface area contributed by atoms with Crippen LogP contribution in [-0.4, -0.2) is 11.6 Å². The third-order valence-corrected chi connectivity index (χ3v) is 5.74. The van der Waals surface area contributed by atoms with Crippen LogP contribution in [0.2, 0.25) is 0 Å². The number of ketones is 2. The van der Waals surface area contributed by atoms with Crippen molar-refractivity contribution in [2.24, 2.45) is 0 Å². The first kappa shape index (κ1) is 10.4. The van der Waals surface area contributed by atoms with Crippen LogP contribution in [0.5, 0.6) is 0 Å². The lowest BCUT2D eigenvalue weighted by Gasteiger charge is -2.33. The quantitative estimate of drug-likeness (QED) is 0.677. The minimum atomic E-state index is -0.0878. The van der Waals surface area contributed by atoms with E-state index in [1.54, 1.807) is 0 Å². The van der Waals surface area contributed by atoms with Gasteiger partial charge in [0, 0.05) is 11.1 Å². The van der Waals surface area contributed by atoms with Gasteiger partial charge in [-0.2, -0.15) is 0 Å². The maximum atomic E-state index is 11.6. The molecule has 0 unspecified atom stereocenters. The van der Waals surface area contributed by atoms with E-state index in [2.05, 4.69) is 31.9 Å². The topological polar surface area (TPSA) is 34.1 Å². The van der Waals surface area contributed by atoms with E-state index in [1.165, 1.54) is 12.2 Å². The molecule has 0 fully saturated rings. The third kappa shape index (κ3) is 1.23. The number of halogens is 2. The Morgan fingerprint density at radius 1 is 0.812 bits per heavy atom. The molecule has 0 aliphatic heterocycles. The summed E-state index contributed by atoms with van der Waals surface area (Å²) in [5.74, 6) is -0.176. The summed E-state index contributed by atoms with van der Waals surface area (Å²) in [6.45, 7) is 0. The van der Waals surface area contributed by atoms with Crippen molar-refractivity contribution in [1.29, 1.82) is 0 Å². The Morgan fingerprint density at radius 3 is 1.56 bits per heavy atom. The Bertz CT molecular complexity index is 511. The third-order valence-electron chi connectivity index (χ3n) is 2.99. The molecule has 0 heterocycles. The summed E-state index contributed by atoms with van der Waals surface area (Å²) in [6, 6.07) is 3.65. The number of alkyl halides is 2. The highest BCUT2D eigenvalue weighted by Gasteiger charge is 2.36. The summed E-state index contributed by atoms with van der Waals surface area (Å²) in [5.41, 5.74) is 3.24. The second-order valence-electron chi connectivity index (χ2n) is 3.89. The number of benzene rings is 1. The van der Waals surface area contributed by atoms with E-state index >= 15 is 0 Å². The van der Waals surface area contributed by atoms with Crippen LogP contribution in [0.4, 0.5) is 0 Å². The summed E-state index contributed by atoms with van der Waals surface area (Å²) >= 11 is 7.05. The van der Waals surface area contributed by atoms with Gasteiger partial charge < -0.3 is 0 Å². The van der Waals surface area contributed by atoms with Crippen LogP contribution in [0.15, 0.2) is 24.3 Å². The molecular weight excluding hydrogens is 336 g/mol. The van der Waals surface area contributed by atoms with Gasteiger partial charge in [-0.25, -0.2) is 0 Å². The van der Waals surface area contributed by atoms with E-state index in [0.29, 0.717) is 11.1 Å². The predicted molar refractivity (Wildman–Crippen MR) is 67.6 cm³/mol. The van der Waals surface area contributed by atoms with E-state index < -0.39 is 0 Å². The van der Waals surface area contributed by atoms with Crippen LogP contribution in [0, 0.1) is 0 Å². The first-order chi connectivity index (χ1) is 7.59. The van der Waals surface area contributed by atoms with Crippen molar-refractivity contribution in [2.45, 2.75) is 9.65 Å². The summed E-state index contributed by atoms with van der Waals surface area (Å²) < 4.78 is 0. The average Bonchev–Trinajstić information content (AvgIpc) is 2.31. The Kier molecular flexibility index (Phi) is 2.20. The molecule has 4 heteroatoms. The van der Waals surface area contributed by atoms with E-state index in [-0.39, 0.29) is 21.2 Å². The Balaban J connectivity index is 2.24. The number of carbonyl (C=O) groups is 2. The maximum absolute atomic E-state index is 11.6. The van der Waals surface area contributed by atoms with E-state index in [9.17, 15) is 9.59 Å². The molecule has 2 atom stereocenters. The lowest BCUT2D eigenvalue weighted by molar-refractivity contribution is 0.0994. The monoisotopic (exact) mass is 340 g/mol. The van der Waals surface area contributed by atoms with Gasteiger partial charge in [-0.05, 0) is 35.4 Å². The minimum absolute atomic E-state index is 0.0878.